The van der Waals surface area contributed by atoms with Crippen LogP contribution in [0.4, 0.5) is 4.39 Å². The minimum atomic E-state index is -0.822. The Morgan fingerprint density at radius 3 is 2.56 bits per heavy atom. The van der Waals surface area contributed by atoms with E-state index in [4.69, 9.17) is 16.6 Å². The summed E-state index contributed by atoms with van der Waals surface area (Å²) in [6.07, 6.45) is 5.53. The van der Waals surface area contributed by atoms with Gasteiger partial charge >= 0.3 is 0 Å². The van der Waals surface area contributed by atoms with Gasteiger partial charge in [-0.05, 0) is 51.0 Å². The van der Waals surface area contributed by atoms with Crippen molar-refractivity contribution >= 4 is 29.3 Å². The Morgan fingerprint density at radius 1 is 1.14 bits per heavy atom. The van der Waals surface area contributed by atoms with Crippen molar-refractivity contribution < 1.29 is 14.0 Å². The molecule has 2 aliphatic heterocycles. The third-order valence-corrected chi connectivity index (χ3v) is 8.13. The normalized spacial score (nSPS) is 23.3. The van der Waals surface area contributed by atoms with Crippen LogP contribution in [0.15, 0.2) is 48.0 Å². The first-order valence-corrected chi connectivity index (χ1v) is 12.9. The molecule has 1 aromatic heterocycles. The van der Waals surface area contributed by atoms with Crippen molar-refractivity contribution in [1.82, 2.24) is 14.8 Å². The number of amides is 2. The lowest BCUT2D eigenvalue weighted by Crippen LogP contribution is -2.60. The lowest BCUT2D eigenvalue weighted by atomic mass is 9.68. The summed E-state index contributed by atoms with van der Waals surface area (Å²) in [5.74, 6) is -0.184. The predicted octanol–water partition coefficient (Wildman–Crippen LogP) is 5.14. The number of aromatic nitrogens is 1. The van der Waals surface area contributed by atoms with E-state index < -0.39 is 11.2 Å². The van der Waals surface area contributed by atoms with E-state index in [9.17, 15) is 14.0 Å². The van der Waals surface area contributed by atoms with Crippen molar-refractivity contribution in [3.63, 3.8) is 0 Å². The molecule has 2 atom stereocenters. The molecule has 8 heteroatoms. The molecule has 1 spiro atoms. The number of hydrogen-bond donors (Lipinski definition) is 0. The van der Waals surface area contributed by atoms with Gasteiger partial charge in [-0.15, -0.1) is 0 Å². The van der Waals surface area contributed by atoms with Gasteiger partial charge < -0.3 is 9.80 Å². The van der Waals surface area contributed by atoms with E-state index in [1.165, 1.54) is 12.1 Å². The number of aliphatic imine (C=N–C) groups is 1. The van der Waals surface area contributed by atoms with Gasteiger partial charge in [0.05, 0.1) is 21.8 Å². The molecule has 1 saturated heterocycles. The minimum absolute atomic E-state index is 0.0880. The summed E-state index contributed by atoms with van der Waals surface area (Å²) >= 11 is 6.73. The molecule has 6 nitrogen and oxygen atoms in total. The van der Waals surface area contributed by atoms with Crippen LogP contribution in [0.3, 0.4) is 0 Å². The molecule has 2 aromatic rings. The van der Waals surface area contributed by atoms with E-state index >= 15 is 0 Å². The zero-order valence-corrected chi connectivity index (χ0v) is 21.4. The summed E-state index contributed by atoms with van der Waals surface area (Å²) in [4.78, 5) is 39.6. The molecular weight excluding hydrogens is 479 g/mol. The van der Waals surface area contributed by atoms with Gasteiger partial charge in [-0.1, -0.05) is 49.6 Å². The summed E-state index contributed by atoms with van der Waals surface area (Å²) < 4.78 is 14.8. The molecular formula is C28H30ClFN4O2. The number of halogens is 2. The van der Waals surface area contributed by atoms with Gasteiger partial charge in [0.2, 0.25) is 5.91 Å². The maximum atomic E-state index is 14.8. The van der Waals surface area contributed by atoms with Gasteiger partial charge in [-0.25, -0.2) is 9.37 Å². The van der Waals surface area contributed by atoms with Crippen molar-refractivity contribution in [3.8, 4) is 11.3 Å². The van der Waals surface area contributed by atoms with Gasteiger partial charge in [-0.2, -0.15) is 4.99 Å². The molecule has 188 valence electrons. The largest absolute Gasteiger partial charge is 0.349 e. The number of amidine groups is 1. The summed E-state index contributed by atoms with van der Waals surface area (Å²) in [7, 11) is 0. The van der Waals surface area contributed by atoms with Gasteiger partial charge in [0.1, 0.15) is 11.7 Å². The second-order valence-electron chi connectivity index (χ2n) is 10.1. The van der Waals surface area contributed by atoms with Crippen LogP contribution in [0.2, 0.25) is 5.02 Å². The molecule has 1 saturated carbocycles. The Morgan fingerprint density at radius 2 is 1.86 bits per heavy atom. The van der Waals surface area contributed by atoms with E-state index in [1.807, 2.05) is 13.8 Å². The maximum absolute atomic E-state index is 14.8. The number of carbonyl (C=O) groups excluding carboxylic acids is 2. The highest BCUT2D eigenvalue weighted by molar-refractivity contribution is 6.33. The number of pyridine rings is 1. The molecule has 2 fully saturated rings. The van der Waals surface area contributed by atoms with Crippen LogP contribution in [-0.2, 0) is 15.0 Å². The third kappa shape index (κ3) is 3.94. The molecule has 3 heterocycles. The van der Waals surface area contributed by atoms with Crippen molar-refractivity contribution in [2.45, 2.75) is 63.5 Å². The average molecular weight is 509 g/mol. The number of nitrogens with zero attached hydrogens (tertiary/aromatic N) is 4. The van der Waals surface area contributed by atoms with Crippen LogP contribution in [0, 0.1) is 5.82 Å². The minimum Gasteiger partial charge on any atom is -0.349 e. The first kappa shape index (κ1) is 24.6. The summed E-state index contributed by atoms with van der Waals surface area (Å²) in [5.41, 5.74) is 1.20. The SMILES string of the molecule is C=CC(=O)N1C[C@H](C)N(C2=NC(=O)C3(CCCCC3)c3nc(-c4ccccc4F)c(Cl)cc32)C[C@H]1C. The summed E-state index contributed by atoms with van der Waals surface area (Å²) in [6.45, 7) is 8.59. The van der Waals surface area contributed by atoms with E-state index in [0.29, 0.717) is 53.7 Å². The monoisotopic (exact) mass is 508 g/mol. The van der Waals surface area contributed by atoms with Crippen LogP contribution >= 0.6 is 11.6 Å². The standard InChI is InChI=1S/C28H30ClFN4O2/c1-4-23(35)33-15-18(3)34(16-17(33)2)26-20-14-21(29)24(19-10-6-7-11-22(19)30)31-25(20)28(27(36)32-26)12-8-5-9-13-28/h4,6-7,10-11,14,17-18H,1,5,8-9,12-13,15-16H2,2-3H3/t17-,18+/m1/s1. The van der Waals surface area contributed by atoms with Crippen LogP contribution in [0.5, 0.6) is 0 Å². The molecule has 1 aliphatic carbocycles. The van der Waals surface area contributed by atoms with Gasteiger partial charge in [0.25, 0.3) is 5.91 Å². The fourth-order valence-electron chi connectivity index (χ4n) is 5.90. The maximum Gasteiger partial charge on any atom is 0.259 e. The quantitative estimate of drug-likeness (QED) is 0.527. The molecule has 0 N–H and O–H groups in total. The number of hydrogen-bond acceptors (Lipinski definition) is 4. The zero-order chi connectivity index (χ0) is 25.6. The second kappa shape index (κ2) is 9.43. The van der Waals surface area contributed by atoms with Crippen molar-refractivity contribution in [2.24, 2.45) is 4.99 Å². The van der Waals surface area contributed by atoms with Crippen LogP contribution in [0.1, 0.15) is 57.2 Å². The Kier molecular flexibility index (Phi) is 6.45. The molecule has 0 bridgehead atoms. The van der Waals surface area contributed by atoms with Crippen molar-refractivity contribution in [3.05, 3.63) is 65.1 Å². The Balaban J connectivity index is 1.64. The fourth-order valence-corrected chi connectivity index (χ4v) is 6.16. The fraction of sp³-hybridized carbons (Fsp3) is 0.429. The third-order valence-electron chi connectivity index (χ3n) is 7.84. The molecule has 3 aliphatic rings. The summed E-state index contributed by atoms with van der Waals surface area (Å²) in [6, 6.07) is 8.02. The smallest absolute Gasteiger partial charge is 0.259 e. The highest BCUT2D eigenvalue weighted by Gasteiger charge is 2.49. The van der Waals surface area contributed by atoms with Crippen LogP contribution < -0.4 is 0 Å². The molecule has 36 heavy (non-hydrogen) atoms. The number of piperazine rings is 1. The predicted molar refractivity (Wildman–Crippen MR) is 138 cm³/mol. The Labute approximate surface area is 215 Å². The highest BCUT2D eigenvalue weighted by atomic mass is 35.5. The van der Waals surface area contributed by atoms with E-state index in [1.54, 1.807) is 29.2 Å². The van der Waals surface area contributed by atoms with Gasteiger partial charge in [-0.3, -0.25) is 9.59 Å². The van der Waals surface area contributed by atoms with E-state index in [0.717, 1.165) is 24.8 Å². The van der Waals surface area contributed by atoms with Gasteiger partial charge in [0.15, 0.2) is 0 Å². The molecule has 1 aromatic carbocycles. The van der Waals surface area contributed by atoms with E-state index in [-0.39, 0.29) is 23.9 Å². The molecule has 0 unspecified atom stereocenters. The molecule has 5 rings (SSSR count). The molecule has 0 radical (unpaired) electrons. The number of benzene rings is 1. The van der Waals surface area contributed by atoms with Crippen molar-refractivity contribution in [1.29, 1.82) is 0 Å². The first-order chi connectivity index (χ1) is 17.3. The highest BCUT2D eigenvalue weighted by Crippen LogP contribution is 2.46. The van der Waals surface area contributed by atoms with E-state index in [2.05, 4.69) is 16.5 Å². The number of fused-ring (bicyclic) bond motifs is 2. The lowest BCUT2D eigenvalue weighted by molar-refractivity contribution is -0.131. The molecule has 2 amide bonds. The summed E-state index contributed by atoms with van der Waals surface area (Å²) in [5, 5.41) is 0.313. The number of rotatable bonds is 2. The lowest BCUT2D eigenvalue weighted by Gasteiger charge is -2.47. The Hall–Kier alpha value is -3.06. The average Bonchev–Trinajstić information content (AvgIpc) is 2.88. The number of carbonyl (C=O) groups is 2. The van der Waals surface area contributed by atoms with Crippen LogP contribution in [0.25, 0.3) is 11.3 Å². The first-order valence-electron chi connectivity index (χ1n) is 12.6. The van der Waals surface area contributed by atoms with Crippen molar-refractivity contribution in [2.75, 3.05) is 13.1 Å². The van der Waals surface area contributed by atoms with Gasteiger partial charge in [0, 0.05) is 36.3 Å². The zero-order valence-electron chi connectivity index (χ0n) is 20.6. The topological polar surface area (TPSA) is 65.9 Å². The Bertz CT molecular complexity index is 1270. The van der Waals surface area contributed by atoms with Crippen LogP contribution in [-0.4, -0.2) is 57.6 Å². The second-order valence-corrected chi connectivity index (χ2v) is 10.5.